The van der Waals surface area contributed by atoms with Crippen molar-refractivity contribution in [3.8, 4) is 0 Å². The number of aliphatic hydroxyl groups excluding tert-OH is 4. The van der Waals surface area contributed by atoms with Crippen molar-refractivity contribution in [1.82, 2.24) is 0 Å². The van der Waals surface area contributed by atoms with Crippen molar-refractivity contribution in [3.05, 3.63) is 40.4 Å². The molecule has 0 saturated carbocycles. The van der Waals surface area contributed by atoms with Crippen molar-refractivity contribution in [2.45, 2.75) is 55.2 Å². The first-order chi connectivity index (χ1) is 15.4. The fraction of sp³-hybridized carbons (Fsp3) is 0.550. The van der Waals surface area contributed by atoms with Gasteiger partial charge in [0, 0.05) is 6.42 Å². The number of aliphatic carboxylic acids is 1. The van der Waals surface area contributed by atoms with E-state index in [0.29, 0.717) is 5.56 Å². The molecule has 0 radical (unpaired) electrons. The molecule has 0 aromatic heterocycles. The minimum atomic E-state index is -4.26. The van der Waals surface area contributed by atoms with Gasteiger partial charge in [0.1, 0.15) is 29.7 Å². The van der Waals surface area contributed by atoms with Crippen LogP contribution in [0.4, 0.5) is 5.69 Å². The van der Waals surface area contributed by atoms with Gasteiger partial charge in [0.2, 0.25) is 10.0 Å². The monoisotopic (exact) mass is 507 g/mol. The summed E-state index contributed by atoms with van der Waals surface area (Å²) < 4.78 is 40.0. The van der Waals surface area contributed by atoms with Gasteiger partial charge in [0.05, 0.1) is 29.5 Å². The van der Waals surface area contributed by atoms with Gasteiger partial charge in [-0.25, -0.2) is 13.2 Å². The molecule has 33 heavy (non-hydrogen) atoms. The fourth-order valence-corrected chi connectivity index (χ4v) is 5.95. The first-order valence-electron chi connectivity index (χ1n) is 10.1. The number of benzene rings is 1. The summed E-state index contributed by atoms with van der Waals surface area (Å²) in [4.78, 5) is 12.0. The third-order valence-electron chi connectivity index (χ3n) is 5.69. The molecule has 13 heteroatoms. The topological polar surface area (TPSA) is 183 Å². The van der Waals surface area contributed by atoms with Crippen molar-refractivity contribution in [2.24, 2.45) is 0 Å². The van der Waals surface area contributed by atoms with Gasteiger partial charge in [-0.15, -0.1) is 0 Å². The van der Waals surface area contributed by atoms with E-state index in [1.54, 1.807) is 19.1 Å². The van der Waals surface area contributed by atoms with Gasteiger partial charge < -0.3 is 35.0 Å². The molecule has 1 aromatic carbocycles. The molecular weight excluding hydrogens is 482 g/mol. The van der Waals surface area contributed by atoms with E-state index in [1.165, 1.54) is 6.07 Å². The van der Waals surface area contributed by atoms with Crippen LogP contribution in [0.2, 0.25) is 5.02 Å². The van der Waals surface area contributed by atoms with Crippen LogP contribution in [0.25, 0.3) is 0 Å². The molecule has 1 aromatic rings. The zero-order valence-corrected chi connectivity index (χ0v) is 19.2. The van der Waals surface area contributed by atoms with Crippen LogP contribution in [0.1, 0.15) is 18.4 Å². The number of hydrogen-bond acceptors (Lipinski definition) is 9. The predicted molar refractivity (Wildman–Crippen MR) is 116 cm³/mol. The number of carboxylic acids is 1. The third-order valence-corrected chi connectivity index (χ3v) is 7.73. The smallest absolute Gasteiger partial charge is 0.332 e. The molecule has 1 aliphatic carbocycles. The van der Waals surface area contributed by atoms with Crippen molar-refractivity contribution in [3.63, 3.8) is 0 Å². The summed E-state index contributed by atoms with van der Waals surface area (Å²) in [5.74, 6) is -3.31. The Hall–Kier alpha value is -1.77. The molecule has 1 spiro atoms. The molecule has 184 valence electrons. The Balaban J connectivity index is 1.96. The molecule has 1 saturated heterocycles. The summed E-state index contributed by atoms with van der Waals surface area (Å²) in [7, 11) is -4.26. The molecular formula is C20H26ClNO10S. The first-order valence-corrected chi connectivity index (χ1v) is 12.0. The third kappa shape index (κ3) is 5.17. The molecule has 1 fully saturated rings. The quantitative estimate of drug-likeness (QED) is 0.274. The number of hydrogen-bond donors (Lipinski definition) is 6. The second kappa shape index (κ2) is 9.84. The van der Waals surface area contributed by atoms with Gasteiger partial charge in [-0.1, -0.05) is 23.7 Å². The number of para-hydroxylation sites is 1. The molecule has 5 unspecified atom stereocenters. The van der Waals surface area contributed by atoms with Crippen LogP contribution in [-0.4, -0.2) is 88.6 Å². The van der Waals surface area contributed by atoms with E-state index >= 15 is 0 Å². The number of carboxylic acid groups (broad SMARTS) is 1. The second-order valence-corrected chi connectivity index (χ2v) is 10.3. The maximum atomic E-state index is 13.1. The predicted octanol–water partition coefficient (Wildman–Crippen LogP) is -0.250. The number of carbonyl (C=O) groups is 1. The maximum Gasteiger partial charge on any atom is 0.332 e. The lowest BCUT2D eigenvalue weighted by molar-refractivity contribution is -0.163. The number of halogens is 1. The highest BCUT2D eigenvalue weighted by Crippen LogP contribution is 2.43. The van der Waals surface area contributed by atoms with E-state index in [0.717, 1.165) is 6.08 Å². The second-order valence-electron chi connectivity index (χ2n) is 7.99. The Morgan fingerprint density at radius 2 is 1.79 bits per heavy atom. The van der Waals surface area contributed by atoms with Crippen molar-refractivity contribution >= 4 is 33.3 Å². The minimum absolute atomic E-state index is 0.134. The number of sulfonamides is 1. The van der Waals surface area contributed by atoms with Gasteiger partial charge in [0.15, 0.2) is 5.79 Å². The van der Waals surface area contributed by atoms with Gasteiger partial charge in [0.25, 0.3) is 0 Å². The van der Waals surface area contributed by atoms with E-state index in [-0.39, 0.29) is 23.6 Å². The van der Waals surface area contributed by atoms with Crippen LogP contribution < -0.4 is 4.72 Å². The van der Waals surface area contributed by atoms with Crippen LogP contribution in [0.15, 0.2) is 29.8 Å². The highest BCUT2D eigenvalue weighted by Gasteiger charge is 2.54. The Kier molecular flexibility index (Phi) is 7.71. The summed E-state index contributed by atoms with van der Waals surface area (Å²) >= 11 is 6.10. The molecule has 11 nitrogen and oxygen atoms in total. The van der Waals surface area contributed by atoms with Crippen molar-refractivity contribution < 1.29 is 48.2 Å². The summed E-state index contributed by atoms with van der Waals surface area (Å²) in [5, 5.41) is 47.1. The number of nitrogens with one attached hydrogen (secondary N) is 1. The summed E-state index contributed by atoms with van der Waals surface area (Å²) in [6.07, 6.45) is -4.96. The molecule has 0 amide bonds. The largest absolute Gasteiger partial charge is 0.478 e. The van der Waals surface area contributed by atoms with Crippen molar-refractivity contribution in [2.75, 3.05) is 17.9 Å². The molecule has 6 N–H and O–H groups in total. The summed E-state index contributed by atoms with van der Waals surface area (Å²) in [6.45, 7) is 0.158. The molecule has 2 aliphatic rings. The lowest BCUT2D eigenvalue weighted by Crippen LogP contribution is -2.45. The summed E-state index contributed by atoms with van der Waals surface area (Å²) in [5.41, 5.74) is 0.146. The molecule has 0 bridgehead atoms. The van der Waals surface area contributed by atoms with Crippen LogP contribution in [0.3, 0.4) is 0 Å². The average Bonchev–Trinajstić information content (AvgIpc) is 3.13. The van der Waals surface area contributed by atoms with Crippen LogP contribution in [0.5, 0.6) is 0 Å². The highest BCUT2D eigenvalue weighted by atomic mass is 35.5. The van der Waals surface area contributed by atoms with E-state index in [4.69, 9.17) is 21.1 Å². The fourth-order valence-electron chi connectivity index (χ4n) is 4.00. The number of rotatable bonds is 8. The Morgan fingerprint density at radius 1 is 1.21 bits per heavy atom. The zero-order chi connectivity index (χ0) is 24.6. The number of aryl methyl sites for hydroxylation is 1. The normalized spacial score (nSPS) is 29.5. The standard InChI is InChI=1S/C20H26ClNO10S/c1-10-3-2-4-12(21)16(10)22-33(29,30)15-5-6-20(7-11(15)19(27)28)31-17(13(25)8-23)18(32-20)14(26)9-24/h2-4,7,13-15,17-18,22-26H,5-6,8-9H2,1H3,(H,27,28). The van der Waals surface area contributed by atoms with Crippen LogP contribution in [-0.2, 0) is 24.3 Å². The Bertz CT molecular complexity index is 991. The number of aliphatic hydroxyl groups is 4. The van der Waals surface area contributed by atoms with Gasteiger partial charge in [-0.2, -0.15) is 0 Å². The number of anilines is 1. The van der Waals surface area contributed by atoms with Gasteiger partial charge in [-0.3, -0.25) is 4.72 Å². The minimum Gasteiger partial charge on any atom is -0.478 e. The molecule has 1 aliphatic heterocycles. The SMILES string of the molecule is Cc1cccc(Cl)c1NS(=O)(=O)C1CCC2(C=C1C(=O)O)OC(C(O)CO)C(C(O)CO)O2. The molecule has 3 rings (SSSR count). The van der Waals surface area contributed by atoms with E-state index in [1.807, 2.05) is 0 Å². The van der Waals surface area contributed by atoms with E-state index in [2.05, 4.69) is 4.72 Å². The van der Waals surface area contributed by atoms with Crippen molar-refractivity contribution in [1.29, 1.82) is 0 Å². The van der Waals surface area contributed by atoms with Crippen LogP contribution >= 0.6 is 11.6 Å². The maximum absolute atomic E-state index is 13.1. The lowest BCUT2D eigenvalue weighted by Gasteiger charge is -2.33. The Labute approximate surface area is 195 Å². The lowest BCUT2D eigenvalue weighted by atomic mass is 9.94. The number of ether oxygens (including phenoxy) is 2. The van der Waals surface area contributed by atoms with Gasteiger partial charge >= 0.3 is 5.97 Å². The first kappa shape index (κ1) is 25.8. The molecule has 5 atom stereocenters. The van der Waals surface area contributed by atoms with Gasteiger partial charge in [-0.05, 0) is 31.1 Å². The highest BCUT2D eigenvalue weighted by molar-refractivity contribution is 7.93. The van der Waals surface area contributed by atoms with Crippen LogP contribution in [0, 0.1) is 6.92 Å². The van der Waals surface area contributed by atoms with E-state index < -0.39 is 70.2 Å². The molecule has 1 heterocycles. The Morgan fingerprint density at radius 3 is 2.27 bits per heavy atom. The zero-order valence-electron chi connectivity index (χ0n) is 17.6. The van der Waals surface area contributed by atoms with E-state index in [9.17, 15) is 38.7 Å². The average molecular weight is 508 g/mol. The summed E-state index contributed by atoms with van der Waals surface area (Å²) in [6, 6.07) is 4.79.